The van der Waals surface area contributed by atoms with Crippen molar-refractivity contribution in [2.45, 2.75) is 13.0 Å². The summed E-state index contributed by atoms with van der Waals surface area (Å²) >= 11 is 1.62. The van der Waals surface area contributed by atoms with E-state index < -0.39 is 0 Å². The smallest absolute Gasteiger partial charge is 0.0795 e. The fraction of sp³-hybridized carbons (Fsp3) is 0.700. The van der Waals surface area contributed by atoms with Gasteiger partial charge in [0.1, 0.15) is 0 Å². The van der Waals surface area contributed by atoms with E-state index in [9.17, 15) is 0 Å². The lowest BCUT2D eigenvalue weighted by molar-refractivity contribution is 0.0712. The molecule has 1 N–H and O–H groups in total. The quantitative estimate of drug-likeness (QED) is 0.687. The van der Waals surface area contributed by atoms with Crippen molar-refractivity contribution in [3.05, 3.63) is 16.6 Å². The summed E-state index contributed by atoms with van der Waals surface area (Å²) < 4.78 is 10.2. The van der Waals surface area contributed by atoms with Gasteiger partial charge in [0, 0.05) is 25.1 Å². The van der Waals surface area contributed by atoms with Gasteiger partial charge in [0.15, 0.2) is 0 Å². The molecule has 0 spiro atoms. The number of aromatic nitrogens is 1. The first-order valence-electron chi connectivity index (χ1n) is 5.02. The van der Waals surface area contributed by atoms with Gasteiger partial charge in [-0.2, -0.15) is 0 Å². The SMILES string of the molecule is COCCOCCNC(C)c1cscn1. The van der Waals surface area contributed by atoms with E-state index in [4.69, 9.17) is 9.47 Å². The van der Waals surface area contributed by atoms with Crippen molar-refractivity contribution in [2.75, 3.05) is 33.5 Å². The van der Waals surface area contributed by atoms with E-state index in [1.54, 1.807) is 18.4 Å². The van der Waals surface area contributed by atoms with Gasteiger partial charge in [0.2, 0.25) is 0 Å². The van der Waals surface area contributed by atoms with E-state index in [1.807, 2.05) is 5.51 Å². The fourth-order valence-electron chi connectivity index (χ4n) is 1.13. The molecule has 0 saturated carbocycles. The maximum Gasteiger partial charge on any atom is 0.0795 e. The van der Waals surface area contributed by atoms with E-state index in [1.165, 1.54) is 0 Å². The molecule has 0 aliphatic carbocycles. The number of rotatable bonds is 8. The molecule has 4 nitrogen and oxygen atoms in total. The van der Waals surface area contributed by atoms with E-state index in [-0.39, 0.29) is 0 Å². The Labute approximate surface area is 94.6 Å². The van der Waals surface area contributed by atoms with Crippen molar-refractivity contribution in [1.82, 2.24) is 10.3 Å². The average Bonchev–Trinajstić information content (AvgIpc) is 2.76. The molecular weight excluding hydrogens is 212 g/mol. The van der Waals surface area contributed by atoms with Crippen LogP contribution in [0.25, 0.3) is 0 Å². The first kappa shape index (κ1) is 12.6. The lowest BCUT2D eigenvalue weighted by Gasteiger charge is -2.11. The number of hydrogen-bond donors (Lipinski definition) is 1. The lowest BCUT2D eigenvalue weighted by atomic mass is 10.2. The van der Waals surface area contributed by atoms with Crippen LogP contribution in [0.4, 0.5) is 0 Å². The van der Waals surface area contributed by atoms with Crippen LogP contribution in [-0.2, 0) is 9.47 Å². The van der Waals surface area contributed by atoms with E-state index >= 15 is 0 Å². The van der Waals surface area contributed by atoms with Gasteiger partial charge in [-0.3, -0.25) is 0 Å². The Kier molecular flexibility index (Phi) is 6.50. The maximum absolute atomic E-state index is 5.34. The molecule has 0 radical (unpaired) electrons. The van der Waals surface area contributed by atoms with Crippen LogP contribution in [0.15, 0.2) is 10.9 Å². The van der Waals surface area contributed by atoms with Gasteiger partial charge in [0.05, 0.1) is 31.0 Å². The highest BCUT2D eigenvalue weighted by atomic mass is 32.1. The van der Waals surface area contributed by atoms with Crippen LogP contribution < -0.4 is 5.32 Å². The summed E-state index contributed by atoms with van der Waals surface area (Å²) in [7, 11) is 1.67. The van der Waals surface area contributed by atoms with Crippen LogP contribution in [0.2, 0.25) is 0 Å². The first-order valence-corrected chi connectivity index (χ1v) is 5.97. The molecule has 1 aromatic heterocycles. The van der Waals surface area contributed by atoms with Crippen LogP contribution in [0.3, 0.4) is 0 Å². The minimum Gasteiger partial charge on any atom is -0.382 e. The predicted octanol–water partition coefficient (Wildman–Crippen LogP) is 1.46. The van der Waals surface area contributed by atoms with Crippen LogP contribution in [0.1, 0.15) is 18.7 Å². The van der Waals surface area contributed by atoms with Crippen molar-refractivity contribution in [3.63, 3.8) is 0 Å². The Morgan fingerprint density at radius 1 is 1.47 bits per heavy atom. The molecule has 0 bridgehead atoms. The van der Waals surface area contributed by atoms with Crippen molar-refractivity contribution in [3.8, 4) is 0 Å². The molecule has 0 saturated heterocycles. The van der Waals surface area contributed by atoms with Crippen molar-refractivity contribution in [2.24, 2.45) is 0 Å². The van der Waals surface area contributed by atoms with Gasteiger partial charge >= 0.3 is 0 Å². The topological polar surface area (TPSA) is 43.4 Å². The Balaban J connectivity index is 2.00. The minimum atomic E-state index is 0.294. The Hall–Kier alpha value is -0.490. The number of thiazole rings is 1. The third-order valence-corrected chi connectivity index (χ3v) is 2.63. The monoisotopic (exact) mass is 230 g/mol. The van der Waals surface area contributed by atoms with E-state index in [0.29, 0.717) is 25.9 Å². The van der Waals surface area contributed by atoms with Gasteiger partial charge in [-0.05, 0) is 6.92 Å². The highest BCUT2D eigenvalue weighted by molar-refractivity contribution is 7.07. The molecule has 1 rings (SSSR count). The Bertz CT molecular complexity index is 242. The van der Waals surface area contributed by atoms with Crippen LogP contribution in [0.5, 0.6) is 0 Å². The molecular formula is C10H18N2O2S. The van der Waals surface area contributed by atoms with Gasteiger partial charge in [-0.15, -0.1) is 11.3 Å². The third-order valence-electron chi connectivity index (χ3n) is 2.02. The number of methoxy groups -OCH3 is 1. The predicted molar refractivity (Wildman–Crippen MR) is 61.2 cm³/mol. The zero-order chi connectivity index (χ0) is 10.9. The van der Waals surface area contributed by atoms with E-state index in [2.05, 4.69) is 22.6 Å². The number of hydrogen-bond acceptors (Lipinski definition) is 5. The maximum atomic E-state index is 5.34. The van der Waals surface area contributed by atoms with Crippen LogP contribution >= 0.6 is 11.3 Å². The van der Waals surface area contributed by atoms with Crippen molar-refractivity contribution in [1.29, 1.82) is 0 Å². The van der Waals surface area contributed by atoms with Gasteiger partial charge in [-0.1, -0.05) is 0 Å². The molecule has 86 valence electrons. The zero-order valence-electron chi connectivity index (χ0n) is 9.23. The number of nitrogens with one attached hydrogen (secondary N) is 1. The standard InChI is InChI=1S/C10H18N2O2S/c1-9(10-7-15-8-12-10)11-3-4-14-6-5-13-2/h7-9,11H,3-6H2,1-2H3. The molecule has 1 heterocycles. The van der Waals surface area contributed by atoms with Crippen molar-refractivity contribution >= 4 is 11.3 Å². The molecule has 0 amide bonds. The first-order chi connectivity index (χ1) is 7.34. The number of ether oxygens (including phenoxy) is 2. The second-order valence-corrected chi connectivity index (χ2v) is 3.91. The third kappa shape index (κ3) is 5.22. The second kappa shape index (κ2) is 7.76. The van der Waals surface area contributed by atoms with Crippen molar-refractivity contribution < 1.29 is 9.47 Å². The average molecular weight is 230 g/mol. The summed E-state index contributed by atoms with van der Waals surface area (Å²) in [6, 6.07) is 0.294. The summed E-state index contributed by atoms with van der Waals surface area (Å²) in [4.78, 5) is 4.24. The summed E-state index contributed by atoms with van der Waals surface area (Å²) in [5.74, 6) is 0. The highest BCUT2D eigenvalue weighted by Gasteiger charge is 2.05. The molecule has 1 unspecified atom stereocenters. The molecule has 5 heteroatoms. The van der Waals surface area contributed by atoms with Gasteiger partial charge < -0.3 is 14.8 Å². The minimum absolute atomic E-state index is 0.294. The summed E-state index contributed by atoms with van der Waals surface area (Å²) in [6.07, 6.45) is 0. The molecule has 0 aliphatic heterocycles. The molecule has 15 heavy (non-hydrogen) atoms. The summed E-state index contributed by atoms with van der Waals surface area (Å²) in [5.41, 5.74) is 2.94. The van der Waals surface area contributed by atoms with Gasteiger partial charge in [0.25, 0.3) is 0 Å². The molecule has 1 atom stereocenters. The Morgan fingerprint density at radius 2 is 2.33 bits per heavy atom. The fourth-order valence-corrected chi connectivity index (χ4v) is 1.78. The Morgan fingerprint density at radius 3 is 3.00 bits per heavy atom. The van der Waals surface area contributed by atoms with Gasteiger partial charge in [-0.25, -0.2) is 4.98 Å². The molecule has 0 fully saturated rings. The highest BCUT2D eigenvalue weighted by Crippen LogP contribution is 2.10. The molecule has 0 aromatic carbocycles. The lowest BCUT2D eigenvalue weighted by Crippen LogP contribution is -2.24. The normalized spacial score (nSPS) is 12.9. The largest absolute Gasteiger partial charge is 0.382 e. The van der Waals surface area contributed by atoms with E-state index in [0.717, 1.165) is 12.2 Å². The molecule has 0 aliphatic rings. The summed E-state index contributed by atoms with van der Waals surface area (Å²) in [6.45, 7) is 4.95. The number of nitrogens with zero attached hydrogens (tertiary/aromatic N) is 1. The molecule has 1 aromatic rings. The summed E-state index contributed by atoms with van der Waals surface area (Å²) in [5, 5.41) is 5.40. The zero-order valence-corrected chi connectivity index (χ0v) is 10.0. The second-order valence-electron chi connectivity index (χ2n) is 3.19. The van der Waals surface area contributed by atoms with Crippen LogP contribution in [0, 0.1) is 0 Å². The van der Waals surface area contributed by atoms with Crippen LogP contribution in [-0.4, -0.2) is 38.5 Å².